The third kappa shape index (κ3) is 4.37. The monoisotopic (exact) mass is 473 g/mol. The van der Waals surface area contributed by atoms with Crippen molar-refractivity contribution >= 4 is 17.3 Å². The Morgan fingerprint density at radius 2 is 1.88 bits per heavy atom. The van der Waals surface area contributed by atoms with E-state index < -0.39 is 17.0 Å². The Hall–Kier alpha value is -2.84. The van der Waals surface area contributed by atoms with Gasteiger partial charge in [0, 0.05) is 29.6 Å². The summed E-state index contributed by atoms with van der Waals surface area (Å²) < 4.78 is 46.7. The summed E-state index contributed by atoms with van der Waals surface area (Å²) in [5.74, 6) is -0.402. The zero-order valence-corrected chi connectivity index (χ0v) is 18.5. The number of fused-ring (bicyclic) bond motifs is 1. The standard InChI is InChI=1S/C25H22F3NO3S/c26-25(27,28)23-21(15-4-2-1-3-5-15)11-19(33-23)14-32-18-7-8-20-16(10-18)6-9-22(20)29-12-17(13-29)24(30)31/h1-5,7-8,10-11,17,22H,6,9,12-14H2,(H,30,31). The van der Waals surface area contributed by atoms with Crippen LogP contribution < -0.4 is 4.74 Å². The van der Waals surface area contributed by atoms with Crippen LogP contribution in [0, 0.1) is 5.92 Å². The van der Waals surface area contributed by atoms with Crippen molar-refractivity contribution in [3.05, 3.63) is 75.5 Å². The largest absolute Gasteiger partial charge is 0.488 e. The van der Waals surface area contributed by atoms with Crippen molar-refractivity contribution in [1.29, 1.82) is 0 Å². The molecule has 4 nitrogen and oxygen atoms in total. The van der Waals surface area contributed by atoms with Crippen LogP contribution >= 0.6 is 11.3 Å². The van der Waals surface area contributed by atoms with Gasteiger partial charge in [0.25, 0.3) is 0 Å². The van der Waals surface area contributed by atoms with Gasteiger partial charge in [-0.15, -0.1) is 11.3 Å². The maximum absolute atomic E-state index is 13.6. The predicted octanol–water partition coefficient (Wildman–Crippen LogP) is 6.02. The predicted molar refractivity (Wildman–Crippen MR) is 119 cm³/mol. The van der Waals surface area contributed by atoms with E-state index in [1.807, 2.05) is 18.2 Å². The van der Waals surface area contributed by atoms with Gasteiger partial charge in [0.2, 0.25) is 0 Å². The molecule has 0 bridgehead atoms. The van der Waals surface area contributed by atoms with Crippen molar-refractivity contribution in [2.75, 3.05) is 13.1 Å². The number of carboxylic acid groups (broad SMARTS) is 1. The normalized spacial score (nSPS) is 18.7. The molecule has 1 aliphatic heterocycles. The minimum atomic E-state index is -4.42. The Balaban J connectivity index is 1.29. The number of ether oxygens (including phenoxy) is 1. The molecule has 0 saturated carbocycles. The lowest BCUT2D eigenvalue weighted by molar-refractivity contribution is -0.148. The molecular weight excluding hydrogens is 451 g/mol. The van der Waals surface area contributed by atoms with Crippen LogP contribution in [0.2, 0.25) is 0 Å². The highest BCUT2D eigenvalue weighted by atomic mass is 32.1. The van der Waals surface area contributed by atoms with Crippen molar-refractivity contribution in [3.63, 3.8) is 0 Å². The van der Waals surface area contributed by atoms with Crippen LogP contribution in [-0.2, 0) is 24.0 Å². The van der Waals surface area contributed by atoms with Crippen molar-refractivity contribution in [3.8, 4) is 16.9 Å². The van der Waals surface area contributed by atoms with Gasteiger partial charge in [-0.25, -0.2) is 0 Å². The molecule has 1 unspecified atom stereocenters. The summed E-state index contributed by atoms with van der Waals surface area (Å²) in [5, 5.41) is 9.10. The number of thiophene rings is 1. The molecule has 1 saturated heterocycles. The molecule has 2 aromatic carbocycles. The fourth-order valence-corrected chi connectivity index (χ4v) is 5.63. The quantitative estimate of drug-likeness (QED) is 0.476. The number of carbonyl (C=O) groups is 1. The lowest BCUT2D eigenvalue weighted by atomic mass is 9.95. The van der Waals surface area contributed by atoms with Gasteiger partial charge in [-0.3, -0.25) is 9.69 Å². The van der Waals surface area contributed by atoms with E-state index in [-0.39, 0.29) is 24.1 Å². The van der Waals surface area contributed by atoms with Crippen LogP contribution in [0.25, 0.3) is 11.1 Å². The van der Waals surface area contributed by atoms with Crippen molar-refractivity contribution in [1.82, 2.24) is 4.90 Å². The summed E-state index contributed by atoms with van der Waals surface area (Å²) in [6.07, 6.45) is -2.61. The average Bonchev–Trinajstić information content (AvgIpc) is 3.36. The lowest BCUT2D eigenvalue weighted by Crippen LogP contribution is -2.51. The minimum absolute atomic E-state index is 0.0647. The number of nitrogens with zero attached hydrogens (tertiary/aromatic N) is 1. The van der Waals surface area contributed by atoms with E-state index in [0.717, 1.165) is 29.7 Å². The smallest absolute Gasteiger partial charge is 0.426 e. The summed E-state index contributed by atoms with van der Waals surface area (Å²) in [7, 11) is 0. The Morgan fingerprint density at radius 1 is 1.12 bits per heavy atom. The van der Waals surface area contributed by atoms with Crippen molar-refractivity contribution in [2.24, 2.45) is 5.92 Å². The number of rotatable bonds is 6. The average molecular weight is 474 g/mol. The van der Waals surface area contributed by atoms with Crippen LogP contribution in [0.1, 0.15) is 33.3 Å². The first-order valence-electron chi connectivity index (χ1n) is 10.8. The molecule has 8 heteroatoms. The molecule has 1 atom stereocenters. The summed E-state index contributed by atoms with van der Waals surface area (Å²) >= 11 is 0.719. The second-order valence-electron chi connectivity index (χ2n) is 8.51. The Kier molecular flexibility index (Phi) is 5.66. The zero-order valence-electron chi connectivity index (χ0n) is 17.6. The number of benzene rings is 2. The highest BCUT2D eigenvalue weighted by Crippen LogP contribution is 2.44. The van der Waals surface area contributed by atoms with E-state index in [1.165, 1.54) is 5.56 Å². The molecule has 1 aliphatic carbocycles. The number of hydrogen-bond donors (Lipinski definition) is 1. The number of alkyl halides is 3. The van der Waals surface area contributed by atoms with Gasteiger partial charge in [-0.05, 0) is 47.7 Å². The Labute approximate surface area is 193 Å². The molecule has 2 heterocycles. The second-order valence-corrected chi connectivity index (χ2v) is 9.65. The highest BCUT2D eigenvalue weighted by molar-refractivity contribution is 7.12. The number of aliphatic carboxylic acids is 1. The van der Waals surface area contributed by atoms with Gasteiger partial charge in [0.15, 0.2) is 0 Å². The van der Waals surface area contributed by atoms with Crippen LogP contribution in [0.5, 0.6) is 5.75 Å². The van der Waals surface area contributed by atoms with Gasteiger partial charge >= 0.3 is 12.1 Å². The molecule has 0 amide bonds. The molecular formula is C25H22F3NO3S. The second kappa shape index (κ2) is 8.50. The number of hydrogen-bond acceptors (Lipinski definition) is 4. The molecule has 3 aromatic rings. The Morgan fingerprint density at radius 3 is 2.58 bits per heavy atom. The molecule has 1 aromatic heterocycles. The van der Waals surface area contributed by atoms with E-state index in [4.69, 9.17) is 9.84 Å². The van der Waals surface area contributed by atoms with Crippen LogP contribution in [0.4, 0.5) is 13.2 Å². The zero-order chi connectivity index (χ0) is 23.2. The number of carboxylic acids is 1. The van der Waals surface area contributed by atoms with Crippen LogP contribution in [-0.4, -0.2) is 29.1 Å². The summed E-state index contributed by atoms with van der Waals surface area (Å²) in [6, 6.07) is 16.2. The molecule has 1 fully saturated rings. The van der Waals surface area contributed by atoms with Crippen LogP contribution in [0.15, 0.2) is 54.6 Å². The maximum atomic E-state index is 13.6. The van der Waals surface area contributed by atoms with E-state index in [0.29, 0.717) is 29.3 Å². The number of halogens is 3. The third-order valence-corrected chi connectivity index (χ3v) is 7.52. The first kappa shape index (κ1) is 22.0. The fourth-order valence-electron chi connectivity index (χ4n) is 4.67. The van der Waals surface area contributed by atoms with Crippen LogP contribution in [0.3, 0.4) is 0 Å². The first-order chi connectivity index (χ1) is 15.8. The van der Waals surface area contributed by atoms with Gasteiger partial charge in [0.1, 0.15) is 17.2 Å². The highest BCUT2D eigenvalue weighted by Gasteiger charge is 2.39. The van der Waals surface area contributed by atoms with Gasteiger partial charge in [0.05, 0.1) is 5.92 Å². The number of likely N-dealkylation sites (tertiary alicyclic amines) is 1. The number of aryl methyl sites for hydroxylation is 1. The van der Waals surface area contributed by atoms with Crippen molar-refractivity contribution < 1.29 is 27.8 Å². The van der Waals surface area contributed by atoms with E-state index >= 15 is 0 Å². The Bertz CT molecular complexity index is 1170. The summed E-state index contributed by atoms with van der Waals surface area (Å²) in [6.45, 7) is 1.21. The molecule has 0 radical (unpaired) electrons. The first-order valence-corrected chi connectivity index (χ1v) is 11.6. The lowest BCUT2D eigenvalue weighted by Gasteiger charge is -2.41. The summed E-state index contributed by atoms with van der Waals surface area (Å²) in [4.78, 5) is 13.2. The van der Waals surface area contributed by atoms with Gasteiger partial charge < -0.3 is 9.84 Å². The molecule has 2 aliphatic rings. The molecule has 33 heavy (non-hydrogen) atoms. The van der Waals surface area contributed by atoms with Gasteiger partial charge in [-0.2, -0.15) is 13.2 Å². The molecule has 5 rings (SSSR count). The SMILES string of the molecule is O=C(O)C1CN(C2CCc3cc(OCc4cc(-c5ccccc5)c(C(F)(F)F)s4)ccc32)C1. The van der Waals surface area contributed by atoms with E-state index in [1.54, 1.807) is 36.4 Å². The van der Waals surface area contributed by atoms with E-state index in [2.05, 4.69) is 4.90 Å². The van der Waals surface area contributed by atoms with E-state index in [9.17, 15) is 18.0 Å². The minimum Gasteiger partial charge on any atom is -0.488 e. The molecule has 172 valence electrons. The summed E-state index contributed by atoms with van der Waals surface area (Å²) in [5.41, 5.74) is 3.06. The molecule has 1 N–H and O–H groups in total. The fraction of sp³-hybridized carbons (Fsp3) is 0.320. The van der Waals surface area contributed by atoms with Gasteiger partial charge in [-0.1, -0.05) is 36.4 Å². The topological polar surface area (TPSA) is 49.8 Å². The van der Waals surface area contributed by atoms with Crippen molar-refractivity contribution in [2.45, 2.75) is 31.7 Å². The molecule has 0 spiro atoms. The third-order valence-electron chi connectivity index (χ3n) is 6.37. The maximum Gasteiger partial charge on any atom is 0.426 e.